The highest BCUT2D eigenvalue weighted by Crippen LogP contribution is 2.27. The Morgan fingerprint density at radius 3 is 2.65 bits per heavy atom. The lowest BCUT2D eigenvalue weighted by atomic mass is 9.81. The fourth-order valence-corrected chi connectivity index (χ4v) is 2.93. The molecule has 0 spiro atoms. The number of ether oxygens (including phenoxy) is 2. The quantitative estimate of drug-likeness (QED) is 0.808. The second-order valence-electron chi connectivity index (χ2n) is 6.52. The van der Waals surface area contributed by atoms with Crippen LogP contribution in [0.4, 0.5) is 0 Å². The van der Waals surface area contributed by atoms with Crippen molar-refractivity contribution < 1.29 is 14.3 Å². The summed E-state index contributed by atoms with van der Waals surface area (Å²) in [6.07, 6.45) is 3.32. The van der Waals surface area contributed by atoms with Crippen molar-refractivity contribution in [1.82, 2.24) is 10.6 Å². The number of piperidine rings is 1. The van der Waals surface area contributed by atoms with Crippen molar-refractivity contribution in [3.63, 3.8) is 0 Å². The lowest BCUT2D eigenvalue weighted by molar-refractivity contribution is -0.121. The van der Waals surface area contributed by atoms with E-state index in [1.54, 1.807) is 14.2 Å². The molecule has 0 saturated carbocycles. The van der Waals surface area contributed by atoms with Gasteiger partial charge in [-0.3, -0.25) is 4.79 Å². The van der Waals surface area contributed by atoms with Crippen molar-refractivity contribution in [3.8, 4) is 11.5 Å². The van der Waals surface area contributed by atoms with Crippen LogP contribution in [0, 0.1) is 5.41 Å². The van der Waals surface area contributed by atoms with Crippen LogP contribution in [-0.4, -0.2) is 39.8 Å². The van der Waals surface area contributed by atoms with E-state index in [9.17, 15) is 4.79 Å². The molecule has 1 saturated heterocycles. The first-order chi connectivity index (χ1) is 11.1. The summed E-state index contributed by atoms with van der Waals surface area (Å²) in [6, 6.07) is 5.67. The summed E-state index contributed by atoms with van der Waals surface area (Å²) in [7, 11) is 3.28. The summed E-state index contributed by atoms with van der Waals surface area (Å²) < 4.78 is 10.6. The van der Waals surface area contributed by atoms with E-state index in [2.05, 4.69) is 17.6 Å². The number of carbonyl (C=O) groups is 1. The van der Waals surface area contributed by atoms with Gasteiger partial charge in [0, 0.05) is 13.0 Å². The molecule has 1 aromatic rings. The number of aryl methyl sites for hydroxylation is 1. The van der Waals surface area contributed by atoms with E-state index >= 15 is 0 Å². The molecule has 1 aliphatic rings. The van der Waals surface area contributed by atoms with Crippen LogP contribution in [0.3, 0.4) is 0 Å². The maximum absolute atomic E-state index is 12.2. The molecule has 0 unspecified atom stereocenters. The number of benzene rings is 1. The minimum atomic E-state index is 0.0923. The fraction of sp³-hybridized carbons (Fsp3) is 0.611. The molecule has 23 heavy (non-hydrogen) atoms. The minimum absolute atomic E-state index is 0.0923. The number of rotatable bonds is 7. The van der Waals surface area contributed by atoms with E-state index in [4.69, 9.17) is 9.47 Å². The van der Waals surface area contributed by atoms with Crippen molar-refractivity contribution >= 4 is 5.91 Å². The molecule has 0 atom stereocenters. The monoisotopic (exact) mass is 320 g/mol. The van der Waals surface area contributed by atoms with Crippen LogP contribution < -0.4 is 20.1 Å². The molecule has 0 radical (unpaired) electrons. The third-order valence-electron chi connectivity index (χ3n) is 4.63. The molecule has 1 aromatic carbocycles. The van der Waals surface area contributed by atoms with Crippen molar-refractivity contribution in [2.75, 3.05) is 33.9 Å². The second kappa shape index (κ2) is 8.20. The number of hydrogen-bond donors (Lipinski definition) is 2. The van der Waals surface area contributed by atoms with Gasteiger partial charge in [-0.15, -0.1) is 0 Å². The number of methoxy groups -OCH3 is 2. The minimum Gasteiger partial charge on any atom is -0.497 e. The Labute approximate surface area is 138 Å². The molecule has 2 rings (SSSR count). The van der Waals surface area contributed by atoms with E-state index in [1.165, 1.54) is 0 Å². The average Bonchev–Trinajstić information content (AvgIpc) is 2.58. The third-order valence-corrected chi connectivity index (χ3v) is 4.63. The molecule has 1 amide bonds. The summed E-state index contributed by atoms with van der Waals surface area (Å²) in [5.74, 6) is 1.67. The number of carbonyl (C=O) groups excluding carboxylic acids is 1. The topological polar surface area (TPSA) is 59.6 Å². The fourth-order valence-electron chi connectivity index (χ4n) is 2.93. The van der Waals surface area contributed by atoms with Crippen LogP contribution in [0.15, 0.2) is 18.2 Å². The SMILES string of the molecule is COc1ccc(OC)c(CCC(=O)NCC2(C)CCNCC2)c1. The molecular weight excluding hydrogens is 292 g/mol. The molecule has 2 N–H and O–H groups in total. The van der Waals surface area contributed by atoms with Crippen LogP contribution in [0.1, 0.15) is 31.7 Å². The Morgan fingerprint density at radius 2 is 2.00 bits per heavy atom. The molecular formula is C18H28N2O3. The predicted octanol–water partition coefficient (Wildman–Crippen LogP) is 2.14. The molecule has 0 aliphatic carbocycles. The van der Waals surface area contributed by atoms with E-state index in [0.29, 0.717) is 12.8 Å². The molecule has 1 aliphatic heterocycles. The van der Waals surface area contributed by atoms with Gasteiger partial charge in [0.05, 0.1) is 14.2 Å². The number of nitrogens with one attached hydrogen (secondary N) is 2. The molecule has 0 aromatic heterocycles. The van der Waals surface area contributed by atoms with E-state index < -0.39 is 0 Å². The summed E-state index contributed by atoms with van der Waals surface area (Å²) >= 11 is 0. The van der Waals surface area contributed by atoms with Crippen LogP contribution in [-0.2, 0) is 11.2 Å². The van der Waals surface area contributed by atoms with Gasteiger partial charge in [0.25, 0.3) is 0 Å². The van der Waals surface area contributed by atoms with Gasteiger partial charge in [0.1, 0.15) is 11.5 Å². The van der Waals surface area contributed by atoms with E-state index in [1.807, 2.05) is 18.2 Å². The van der Waals surface area contributed by atoms with Gasteiger partial charge in [-0.2, -0.15) is 0 Å². The molecule has 5 nitrogen and oxygen atoms in total. The van der Waals surface area contributed by atoms with Gasteiger partial charge in [-0.25, -0.2) is 0 Å². The smallest absolute Gasteiger partial charge is 0.220 e. The lowest BCUT2D eigenvalue weighted by Gasteiger charge is -2.34. The van der Waals surface area contributed by atoms with Crippen molar-refractivity contribution in [1.29, 1.82) is 0 Å². The van der Waals surface area contributed by atoms with Crippen molar-refractivity contribution in [2.45, 2.75) is 32.6 Å². The van der Waals surface area contributed by atoms with Gasteiger partial charge in [-0.05, 0) is 61.5 Å². The van der Waals surface area contributed by atoms with Crippen LogP contribution in [0.2, 0.25) is 0 Å². The van der Waals surface area contributed by atoms with Crippen molar-refractivity contribution in [3.05, 3.63) is 23.8 Å². The summed E-state index contributed by atoms with van der Waals surface area (Å²) in [5.41, 5.74) is 1.21. The predicted molar refractivity (Wildman–Crippen MR) is 91.1 cm³/mol. The number of hydrogen-bond acceptors (Lipinski definition) is 4. The lowest BCUT2D eigenvalue weighted by Crippen LogP contribution is -2.42. The Bertz CT molecular complexity index is 525. The Balaban J connectivity index is 1.84. The third kappa shape index (κ3) is 5.13. The summed E-state index contributed by atoms with van der Waals surface area (Å²) in [5, 5.41) is 6.45. The molecule has 0 bridgehead atoms. The standard InChI is InChI=1S/C18H28N2O3/c1-18(8-10-19-11-9-18)13-20-17(21)7-4-14-12-15(22-2)5-6-16(14)23-3/h5-6,12,19H,4,7-11,13H2,1-3H3,(H,20,21). The zero-order chi connectivity index (χ0) is 16.7. The van der Waals surface area contributed by atoms with Crippen LogP contribution in [0.5, 0.6) is 11.5 Å². The first-order valence-corrected chi connectivity index (χ1v) is 8.25. The van der Waals surface area contributed by atoms with Gasteiger partial charge in [-0.1, -0.05) is 6.92 Å². The van der Waals surface area contributed by atoms with E-state index in [0.717, 1.165) is 49.5 Å². The van der Waals surface area contributed by atoms with Gasteiger partial charge < -0.3 is 20.1 Å². The maximum atomic E-state index is 12.2. The Kier molecular flexibility index (Phi) is 6.28. The van der Waals surface area contributed by atoms with Gasteiger partial charge in [0.2, 0.25) is 5.91 Å². The highest BCUT2D eigenvalue weighted by molar-refractivity contribution is 5.76. The zero-order valence-corrected chi connectivity index (χ0v) is 14.4. The molecule has 1 heterocycles. The molecule has 1 fully saturated rings. The molecule has 128 valence electrons. The Hall–Kier alpha value is -1.75. The summed E-state index contributed by atoms with van der Waals surface area (Å²) in [4.78, 5) is 12.2. The highest BCUT2D eigenvalue weighted by Gasteiger charge is 2.26. The first kappa shape index (κ1) is 17.6. The summed E-state index contributed by atoms with van der Waals surface area (Å²) in [6.45, 7) is 5.07. The Morgan fingerprint density at radius 1 is 1.26 bits per heavy atom. The van der Waals surface area contributed by atoms with Gasteiger partial charge in [0.15, 0.2) is 0 Å². The zero-order valence-electron chi connectivity index (χ0n) is 14.4. The molecule has 5 heteroatoms. The normalized spacial score (nSPS) is 16.7. The number of amides is 1. The second-order valence-corrected chi connectivity index (χ2v) is 6.52. The first-order valence-electron chi connectivity index (χ1n) is 8.25. The van der Waals surface area contributed by atoms with Crippen LogP contribution >= 0.6 is 0 Å². The van der Waals surface area contributed by atoms with Crippen LogP contribution in [0.25, 0.3) is 0 Å². The maximum Gasteiger partial charge on any atom is 0.220 e. The average molecular weight is 320 g/mol. The van der Waals surface area contributed by atoms with Crippen molar-refractivity contribution in [2.24, 2.45) is 5.41 Å². The highest BCUT2D eigenvalue weighted by atomic mass is 16.5. The van der Waals surface area contributed by atoms with E-state index in [-0.39, 0.29) is 11.3 Å². The largest absolute Gasteiger partial charge is 0.497 e. The van der Waals surface area contributed by atoms with Gasteiger partial charge >= 0.3 is 0 Å².